The van der Waals surface area contributed by atoms with Gasteiger partial charge < -0.3 is 10.2 Å². The molecule has 0 bridgehead atoms. The van der Waals surface area contributed by atoms with E-state index in [1.54, 1.807) is 0 Å². The fourth-order valence-corrected chi connectivity index (χ4v) is 4.05. The maximum Gasteiger partial charge on any atom is 0.239 e. The highest BCUT2D eigenvalue weighted by atomic mass is 16.2. The van der Waals surface area contributed by atoms with Gasteiger partial charge in [-0.1, -0.05) is 19.8 Å². The molecule has 19 heavy (non-hydrogen) atoms. The monoisotopic (exact) mass is 264 g/mol. The molecule has 5 atom stereocenters. The summed E-state index contributed by atoms with van der Waals surface area (Å²) in [7, 11) is 1.99. The predicted octanol–water partition coefficient (Wildman–Crippen LogP) is 2.41. The van der Waals surface area contributed by atoms with E-state index in [9.17, 15) is 4.79 Å². The Balaban J connectivity index is 1.52. The first-order chi connectivity index (χ1) is 9.15. The number of rotatable bonds is 3. The summed E-state index contributed by atoms with van der Waals surface area (Å²) in [5.41, 5.74) is 0. The van der Waals surface area contributed by atoms with Gasteiger partial charge in [-0.15, -0.1) is 0 Å². The van der Waals surface area contributed by atoms with E-state index < -0.39 is 0 Å². The number of hydrogen-bond acceptors (Lipinski definition) is 2. The zero-order valence-electron chi connectivity index (χ0n) is 12.4. The summed E-state index contributed by atoms with van der Waals surface area (Å²) in [4.78, 5) is 14.5. The van der Waals surface area contributed by atoms with E-state index in [2.05, 4.69) is 12.2 Å². The molecule has 0 aromatic rings. The third kappa shape index (κ3) is 2.96. The molecular formula is C16H28N2O. The smallest absolute Gasteiger partial charge is 0.239 e. The van der Waals surface area contributed by atoms with Gasteiger partial charge in [0.25, 0.3) is 0 Å². The van der Waals surface area contributed by atoms with Crippen molar-refractivity contribution in [2.45, 2.75) is 64.0 Å². The van der Waals surface area contributed by atoms with Gasteiger partial charge in [0.15, 0.2) is 0 Å². The maximum atomic E-state index is 12.5. The van der Waals surface area contributed by atoms with Crippen LogP contribution in [-0.2, 0) is 4.79 Å². The minimum absolute atomic E-state index is 0.0957. The van der Waals surface area contributed by atoms with E-state index in [4.69, 9.17) is 0 Å². The highest BCUT2D eigenvalue weighted by Gasteiger charge is 2.38. The fraction of sp³-hybridized carbons (Fsp3) is 0.938. The standard InChI is InChI=1S/C16H28N2O/c1-11-9-13(11)10-18(2)16(19)15-8-7-12-5-3-4-6-14(12)17-15/h11-15,17H,3-10H2,1-2H3. The van der Waals surface area contributed by atoms with Gasteiger partial charge in [0.1, 0.15) is 0 Å². The highest BCUT2D eigenvalue weighted by Crippen LogP contribution is 2.38. The number of carbonyl (C=O) groups excluding carboxylic acids is 1. The van der Waals surface area contributed by atoms with Gasteiger partial charge in [0.2, 0.25) is 5.91 Å². The molecule has 3 nitrogen and oxygen atoms in total. The van der Waals surface area contributed by atoms with Crippen molar-refractivity contribution in [1.29, 1.82) is 0 Å². The number of fused-ring (bicyclic) bond motifs is 1. The molecule has 0 spiro atoms. The lowest BCUT2D eigenvalue weighted by Gasteiger charge is -2.40. The zero-order chi connectivity index (χ0) is 13.4. The molecule has 1 amide bonds. The van der Waals surface area contributed by atoms with E-state index >= 15 is 0 Å². The third-order valence-corrected chi connectivity index (χ3v) is 5.61. The first kappa shape index (κ1) is 13.4. The molecule has 1 heterocycles. The quantitative estimate of drug-likeness (QED) is 0.849. The normalized spacial score (nSPS) is 41.5. The molecule has 2 saturated carbocycles. The molecule has 0 aromatic heterocycles. The second kappa shape index (κ2) is 5.43. The Labute approximate surface area is 117 Å². The van der Waals surface area contributed by atoms with Crippen LogP contribution in [0.5, 0.6) is 0 Å². The lowest BCUT2D eigenvalue weighted by Crippen LogP contribution is -2.55. The molecule has 3 fully saturated rings. The van der Waals surface area contributed by atoms with Crippen molar-refractivity contribution in [2.24, 2.45) is 17.8 Å². The van der Waals surface area contributed by atoms with Crippen LogP contribution in [0.3, 0.4) is 0 Å². The van der Waals surface area contributed by atoms with Gasteiger partial charge >= 0.3 is 0 Å². The number of hydrogen-bond donors (Lipinski definition) is 1. The van der Waals surface area contributed by atoms with Crippen molar-refractivity contribution in [1.82, 2.24) is 10.2 Å². The molecule has 1 saturated heterocycles. The Morgan fingerprint density at radius 2 is 1.95 bits per heavy atom. The van der Waals surface area contributed by atoms with Crippen molar-refractivity contribution >= 4 is 5.91 Å². The highest BCUT2D eigenvalue weighted by molar-refractivity contribution is 5.81. The summed E-state index contributed by atoms with van der Waals surface area (Å²) in [5, 5.41) is 3.65. The van der Waals surface area contributed by atoms with Crippen molar-refractivity contribution in [2.75, 3.05) is 13.6 Å². The second-order valence-electron chi connectivity index (χ2n) is 7.14. The molecule has 1 aliphatic heterocycles. The lowest BCUT2D eigenvalue weighted by molar-refractivity contribution is -0.133. The number of carbonyl (C=O) groups is 1. The van der Waals surface area contributed by atoms with Crippen molar-refractivity contribution in [3.05, 3.63) is 0 Å². The molecule has 5 unspecified atom stereocenters. The van der Waals surface area contributed by atoms with Crippen LogP contribution in [0.2, 0.25) is 0 Å². The van der Waals surface area contributed by atoms with Crippen LogP contribution in [-0.4, -0.2) is 36.5 Å². The average Bonchev–Trinajstić information content (AvgIpc) is 3.12. The van der Waals surface area contributed by atoms with Crippen LogP contribution in [0, 0.1) is 17.8 Å². The molecule has 2 aliphatic carbocycles. The number of likely N-dealkylation sites (N-methyl/N-ethyl adjacent to an activating group) is 1. The number of nitrogens with zero attached hydrogens (tertiary/aromatic N) is 1. The summed E-state index contributed by atoms with van der Waals surface area (Å²) in [5.74, 6) is 2.77. The topological polar surface area (TPSA) is 32.3 Å². The third-order valence-electron chi connectivity index (χ3n) is 5.61. The average molecular weight is 264 g/mol. The first-order valence-corrected chi connectivity index (χ1v) is 8.16. The Hall–Kier alpha value is -0.570. The second-order valence-corrected chi connectivity index (χ2v) is 7.14. The van der Waals surface area contributed by atoms with E-state index in [-0.39, 0.29) is 6.04 Å². The summed E-state index contributed by atoms with van der Waals surface area (Å²) in [6.07, 6.45) is 8.98. The molecule has 1 N–H and O–H groups in total. The van der Waals surface area contributed by atoms with Crippen molar-refractivity contribution in [3.8, 4) is 0 Å². The summed E-state index contributed by atoms with van der Waals surface area (Å²) >= 11 is 0. The fourth-order valence-electron chi connectivity index (χ4n) is 4.05. The van der Waals surface area contributed by atoms with Crippen molar-refractivity contribution < 1.29 is 4.79 Å². The van der Waals surface area contributed by atoms with Gasteiger partial charge in [0.05, 0.1) is 6.04 Å². The van der Waals surface area contributed by atoms with Crippen LogP contribution in [0.4, 0.5) is 0 Å². The molecule has 108 valence electrons. The Kier molecular flexibility index (Phi) is 3.84. The molecule has 3 heteroatoms. The zero-order valence-corrected chi connectivity index (χ0v) is 12.4. The van der Waals surface area contributed by atoms with E-state index in [1.165, 1.54) is 38.5 Å². The maximum absolute atomic E-state index is 12.5. The minimum Gasteiger partial charge on any atom is -0.344 e. The van der Waals surface area contributed by atoms with Crippen LogP contribution in [0.25, 0.3) is 0 Å². The molecule has 3 aliphatic rings. The number of amides is 1. The van der Waals surface area contributed by atoms with Gasteiger partial charge in [-0.25, -0.2) is 0 Å². The molecule has 0 aromatic carbocycles. The summed E-state index contributed by atoms with van der Waals surface area (Å²) in [6.45, 7) is 3.25. The van der Waals surface area contributed by atoms with Gasteiger partial charge in [0, 0.05) is 19.6 Å². The first-order valence-electron chi connectivity index (χ1n) is 8.16. The minimum atomic E-state index is 0.0957. The Bertz CT molecular complexity index is 344. The van der Waals surface area contributed by atoms with Crippen LogP contribution in [0.1, 0.15) is 51.9 Å². The van der Waals surface area contributed by atoms with Gasteiger partial charge in [-0.3, -0.25) is 4.79 Å². The Morgan fingerprint density at radius 3 is 2.68 bits per heavy atom. The predicted molar refractivity (Wildman–Crippen MR) is 76.8 cm³/mol. The molecule has 3 rings (SSSR count). The molecular weight excluding hydrogens is 236 g/mol. The van der Waals surface area contributed by atoms with Crippen LogP contribution < -0.4 is 5.32 Å². The van der Waals surface area contributed by atoms with E-state index in [0.29, 0.717) is 11.9 Å². The SMILES string of the molecule is CC1CC1CN(C)C(=O)C1CCC2CCCCC2N1. The largest absolute Gasteiger partial charge is 0.344 e. The van der Waals surface area contributed by atoms with Gasteiger partial charge in [-0.2, -0.15) is 0 Å². The van der Waals surface area contributed by atoms with Crippen molar-refractivity contribution in [3.63, 3.8) is 0 Å². The Morgan fingerprint density at radius 1 is 1.21 bits per heavy atom. The van der Waals surface area contributed by atoms with Gasteiger partial charge in [-0.05, 0) is 49.9 Å². The van der Waals surface area contributed by atoms with Crippen LogP contribution in [0.15, 0.2) is 0 Å². The summed E-state index contributed by atoms with van der Waals surface area (Å²) in [6, 6.07) is 0.711. The lowest BCUT2D eigenvalue weighted by atomic mass is 9.77. The van der Waals surface area contributed by atoms with E-state index in [1.807, 2.05) is 11.9 Å². The molecule has 0 radical (unpaired) electrons. The number of nitrogens with one attached hydrogen (secondary N) is 1. The van der Waals surface area contributed by atoms with E-state index in [0.717, 1.165) is 30.7 Å². The number of piperidine rings is 1. The summed E-state index contributed by atoms with van der Waals surface area (Å²) < 4.78 is 0. The van der Waals surface area contributed by atoms with Crippen LogP contribution >= 0.6 is 0 Å².